The van der Waals surface area contributed by atoms with Gasteiger partial charge in [-0.15, -0.1) is 0 Å². The standard InChI is InChI=1S/C2H2BrF3S.C2H3F3OS/c3-1-7-2(4,5)6;3-2(4,5)7-1-6/h1H2;6H,1H2. The first-order valence-electron chi connectivity index (χ1n) is 2.70. The topological polar surface area (TPSA) is 20.2 Å². The largest absolute Gasteiger partial charge is 0.443 e. The molecule has 14 heavy (non-hydrogen) atoms. The molecule has 0 bridgehead atoms. The van der Waals surface area contributed by atoms with Crippen molar-refractivity contribution in [1.29, 1.82) is 0 Å². The van der Waals surface area contributed by atoms with E-state index in [1.165, 1.54) is 0 Å². The predicted octanol–water partition coefficient (Wildman–Crippen LogP) is 3.78. The molecule has 0 unspecified atom stereocenters. The summed E-state index contributed by atoms with van der Waals surface area (Å²) in [5, 5.41) is 7.64. The molecule has 1 N–H and O–H groups in total. The van der Waals surface area contributed by atoms with Gasteiger partial charge in [0.25, 0.3) is 0 Å². The van der Waals surface area contributed by atoms with Gasteiger partial charge in [0.05, 0.1) is 10.6 Å². The van der Waals surface area contributed by atoms with E-state index in [0.717, 1.165) is 0 Å². The Morgan fingerprint density at radius 3 is 1.29 bits per heavy atom. The van der Waals surface area contributed by atoms with Gasteiger partial charge >= 0.3 is 11.0 Å². The number of halogens is 7. The van der Waals surface area contributed by atoms with Crippen LogP contribution in [0.3, 0.4) is 0 Å². The van der Waals surface area contributed by atoms with E-state index in [4.69, 9.17) is 5.11 Å². The highest BCUT2D eigenvalue weighted by Crippen LogP contribution is 2.30. The SMILES string of the molecule is FC(F)(F)SCBr.OCSC(F)(F)F. The van der Waals surface area contributed by atoms with E-state index >= 15 is 0 Å². The van der Waals surface area contributed by atoms with Gasteiger partial charge in [-0.2, -0.15) is 26.3 Å². The highest BCUT2D eigenvalue weighted by atomic mass is 79.9. The first kappa shape index (κ1) is 17.1. The minimum atomic E-state index is -4.28. The molecule has 0 aromatic rings. The molecule has 0 aliphatic carbocycles. The summed E-state index contributed by atoms with van der Waals surface area (Å²) in [4.78, 5) is 0. The number of aliphatic hydroxyl groups excluding tert-OH is 1. The third-order valence-corrected chi connectivity index (χ3v) is 2.03. The lowest BCUT2D eigenvalue weighted by atomic mass is 11.5. The zero-order valence-corrected chi connectivity index (χ0v) is 9.54. The van der Waals surface area contributed by atoms with Gasteiger partial charge in [-0.05, 0) is 23.5 Å². The Morgan fingerprint density at radius 2 is 1.29 bits per heavy atom. The molecule has 0 saturated carbocycles. The summed E-state index contributed by atoms with van der Waals surface area (Å²) in [7, 11) is 0. The molecule has 0 aliphatic heterocycles. The van der Waals surface area contributed by atoms with Gasteiger partial charge in [0.15, 0.2) is 0 Å². The Balaban J connectivity index is 0. The Bertz CT molecular complexity index is 121. The van der Waals surface area contributed by atoms with Gasteiger partial charge in [0.1, 0.15) is 0 Å². The summed E-state index contributed by atoms with van der Waals surface area (Å²) in [6, 6.07) is 0. The molecule has 88 valence electrons. The molecule has 0 rings (SSSR count). The van der Waals surface area contributed by atoms with Crippen LogP contribution in [0.25, 0.3) is 0 Å². The number of hydrogen-bond acceptors (Lipinski definition) is 3. The van der Waals surface area contributed by atoms with E-state index in [1.54, 1.807) is 0 Å². The number of hydrogen-bond donors (Lipinski definition) is 1. The maximum atomic E-state index is 11.0. The molecule has 0 aliphatic rings. The Labute approximate surface area is 92.7 Å². The lowest BCUT2D eigenvalue weighted by Crippen LogP contribution is -2.00. The molecular weight excluding hydrogens is 322 g/mol. The summed E-state index contributed by atoms with van der Waals surface area (Å²) in [6.07, 6.45) is 0. The fourth-order valence-electron chi connectivity index (χ4n) is 0.135. The van der Waals surface area contributed by atoms with Crippen LogP contribution in [-0.2, 0) is 0 Å². The molecule has 0 fully saturated rings. The highest BCUT2D eigenvalue weighted by Gasteiger charge is 2.27. The van der Waals surface area contributed by atoms with Crippen LogP contribution in [0.15, 0.2) is 0 Å². The van der Waals surface area contributed by atoms with Crippen LogP contribution in [0.4, 0.5) is 26.3 Å². The van der Waals surface area contributed by atoms with Gasteiger partial charge in [-0.3, -0.25) is 0 Å². The second-order valence-electron chi connectivity index (χ2n) is 1.42. The van der Waals surface area contributed by atoms with Crippen molar-refractivity contribution in [2.75, 3.05) is 10.6 Å². The van der Waals surface area contributed by atoms with Gasteiger partial charge in [0, 0.05) is 0 Å². The van der Waals surface area contributed by atoms with Crippen LogP contribution < -0.4 is 0 Å². The molecule has 0 aromatic carbocycles. The van der Waals surface area contributed by atoms with Crippen LogP contribution in [0.2, 0.25) is 0 Å². The lowest BCUT2D eigenvalue weighted by Gasteiger charge is -1.98. The van der Waals surface area contributed by atoms with Crippen molar-refractivity contribution in [1.82, 2.24) is 0 Å². The zero-order valence-electron chi connectivity index (χ0n) is 6.32. The zero-order chi connectivity index (χ0) is 11.8. The third kappa shape index (κ3) is 23.0. The maximum absolute atomic E-state index is 11.0. The lowest BCUT2D eigenvalue weighted by molar-refractivity contribution is -0.0342. The van der Waals surface area contributed by atoms with Crippen molar-refractivity contribution < 1.29 is 31.4 Å². The summed E-state index contributed by atoms with van der Waals surface area (Å²) < 4.78 is 65.5. The second kappa shape index (κ2) is 7.94. The molecular formula is C4H5BrF6OS2. The second-order valence-corrected chi connectivity index (χ2v) is 4.77. The van der Waals surface area contributed by atoms with Crippen LogP contribution in [0, 0.1) is 0 Å². The third-order valence-electron chi connectivity index (χ3n) is 0.446. The van der Waals surface area contributed by atoms with Gasteiger partial charge < -0.3 is 5.11 Å². The number of aliphatic hydroxyl groups is 1. The molecule has 0 saturated heterocycles. The molecule has 1 nitrogen and oxygen atoms in total. The molecule has 0 amide bonds. The monoisotopic (exact) mass is 326 g/mol. The number of thioether (sulfide) groups is 2. The van der Waals surface area contributed by atoms with Crippen molar-refractivity contribution in [2.45, 2.75) is 11.0 Å². The molecule has 0 atom stereocenters. The van der Waals surface area contributed by atoms with E-state index in [0.29, 0.717) is 0 Å². The number of rotatable bonds is 2. The van der Waals surface area contributed by atoms with E-state index in [2.05, 4.69) is 15.9 Å². The first-order valence-corrected chi connectivity index (χ1v) is 5.80. The molecule has 0 radical (unpaired) electrons. The van der Waals surface area contributed by atoms with Crippen molar-refractivity contribution in [3.8, 4) is 0 Å². The van der Waals surface area contributed by atoms with Crippen molar-refractivity contribution in [3.63, 3.8) is 0 Å². The normalized spacial score (nSPS) is 12.0. The summed E-state index contributed by atoms with van der Waals surface area (Å²) in [6.45, 7) is 0. The Hall–Kier alpha value is 0.720. The Morgan fingerprint density at radius 1 is 0.929 bits per heavy atom. The van der Waals surface area contributed by atoms with Gasteiger partial charge in [-0.1, -0.05) is 15.9 Å². The van der Waals surface area contributed by atoms with Crippen LogP contribution in [0.5, 0.6) is 0 Å². The van der Waals surface area contributed by atoms with E-state index in [1.807, 2.05) is 0 Å². The molecule has 10 heteroatoms. The van der Waals surface area contributed by atoms with E-state index in [9.17, 15) is 26.3 Å². The average molecular weight is 327 g/mol. The fourth-order valence-corrected chi connectivity index (χ4v) is 1.18. The summed E-state index contributed by atoms with van der Waals surface area (Å²) in [5.74, 6) is -0.899. The van der Waals surface area contributed by atoms with Crippen LogP contribution in [0.1, 0.15) is 0 Å². The van der Waals surface area contributed by atoms with E-state index < -0.39 is 28.7 Å². The van der Waals surface area contributed by atoms with Crippen molar-refractivity contribution >= 4 is 39.5 Å². The van der Waals surface area contributed by atoms with Gasteiger partial charge in [0.2, 0.25) is 0 Å². The quantitative estimate of drug-likeness (QED) is 0.474. The van der Waals surface area contributed by atoms with E-state index in [-0.39, 0.29) is 16.4 Å². The van der Waals surface area contributed by atoms with Crippen LogP contribution in [-0.4, -0.2) is 26.7 Å². The van der Waals surface area contributed by atoms with Crippen molar-refractivity contribution in [3.05, 3.63) is 0 Å². The van der Waals surface area contributed by atoms with Crippen molar-refractivity contribution in [2.24, 2.45) is 0 Å². The Kier molecular flexibility index (Phi) is 9.71. The minimum absolute atomic E-state index is 0.0868. The average Bonchev–Trinajstić information content (AvgIpc) is 1.81. The molecule has 0 heterocycles. The maximum Gasteiger partial charge on any atom is 0.443 e. The highest BCUT2D eigenvalue weighted by molar-refractivity contribution is 9.11. The van der Waals surface area contributed by atoms with Crippen LogP contribution >= 0.6 is 39.5 Å². The summed E-state index contributed by atoms with van der Waals surface area (Å²) >= 11 is 2.08. The smallest absolute Gasteiger partial charge is 0.385 e. The predicted molar refractivity (Wildman–Crippen MR) is 48.2 cm³/mol. The number of alkyl halides is 7. The fraction of sp³-hybridized carbons (Fsp3) is 1.00. The minimum Gasteiger partial charge on any atom is -0.385 e. The van der Waals surface area contributed by atoms with Gasteiger partial charge in [-0.25, -0.2) is 0 Å². The molecule has 0 spiro atoms. The first-order chi connectivity index (χ1) is 6.12. The summed E-state index contributed by atoms with van der Waals surface area (Å²) in [5.41, 5.74) is -8.36. The molecule has 0 aromatic heterocycles.